The highest BCUT2D eigenvalue weighted by atomic mass is 16.3. The monoisotopic (exact) mass is 204 g/mol. The summed E-state index contributed by atoms with van der Waals surface area (Å²) in [6.07, 6.45) is 4.68. The summed E-state index contributed by atoms with van der Waals surface area (Å²) in [6, 6.07) is 4.50. The van der Waals surface area contributed by atoms with Crippen LogP contribution in [0.15, 0.2) is 12.1 Å². The molecule has 0 heterocycles. The lowest BCUT2D eigenvalue weighted by Gasteiger charge is -2.27. The molecule has 1 aliphatic rings. The Morgan fingerprint density at radius 2 is 2.13 bits per heavy atom. The molecule has 0 spiro atoms. The second-order valence-corrected chi connectivity index (χ2v) is 4.68. The highest BCUT2D eigenvalue weighted by Gasteiger charge is 2.21. The highest BCUT2D eigenvalue weighted by Crippen LogP contribution is 2.36. The van der Waals surface area contributed by atoms with Crippen molar-refractivity contribution in [3.8, 4) is 0 Å². The molecule has 0 saturated heterocycles. The van der Waals surface area contributed by atoms with Gasteiger partial charge in [-0.15, -0.1) is 0 Å². The smallest absolute Gasteiger partial charge is 0.0436 e. The largest absolute Gasteiger partial charge is 0.396 e. The van der Waals surface area contributed by atoms with Crippen LogP contribution in [-0.2, 0) is 6.42 Å². The van der Waals surface area contributed by atoms with Crippen molar-refractivity contribution in [2.75, 3.05) is 6.61 Å². The van der Waals surface area contributed by atoms with E-state index in [1.54, 1.807) is 5.56 Å². The molecule has 0 saturated carbocycles. The molecular weight excluding hydrogens is 184 g/mol. The molecule has 2 rings (SSSR count). The lowest BCUT2D eigenvalue weighted by atomic mass is 9.78. The van der Waals surface area contributed by atoms with Crippen molar-refractivity contribution in [3.05, 3.63) is 34.4 Å². The van der Waals surface area contributed by atoms with E-state index >= 15 is 0 Å². The van der Waals surface area contributed by atoms with Crippen molar-refractivity contribution in [1.82, 2.24) is 0 Å². The number of aryl methyl sites for hydroxylation is 1. The number of aliphatic hydroxyl groups excluding tert-OH is 1. The molecule has 1 nitrogen and oxygen atoms in total. The van der Waals surface area contributed by atoms with Crippen LogP contribution in [0.5, 0.6) is 0 Å². The average Bonchev–Trinajstić information content (AvgIpc) is 2.25. The van der Waals surface area contributed by atoms with Crippen LogP contribution in [-0.4, -0.2) is 11.7 Å². The van der Waals surface area contributed by atoms with Gasteiger partial charge in [0.25, 0.3) is 0 Å². The van der Waals surface area contributed by atoms with Gasteiger partial charge in [-0.3, -0.25) is 0 Å². The minimum atomic E-state index is 0.316. The summed E-state index contributed by atoms with van der Waals surface area (Å²) in [5.74, 6) is 0.595. The van der Waals surface area contributed by atoms with E-state index in [4.69, 9.17) is 5.11 Å². The molecule has 15 heavy (non-hydrogen) atoms. The zero-order valence-electron chi connectivity index (χ0n) is 9.71. The molecule has 0 aromatic heterocycles. The van der Waals surface area contributed by atoms with Gasteiger partial charge >= 0.3 is 0 Å². The molecule has 1 unspecified atom stereocenters. The van der Waals surface area contributed by atoms with Gasteiger partial charge < -0.3 is 5.11 Å². The van der Waals surface area contributed by atoms with Crippen LogP contribution in [0.1, 0.15) is 47.4 Å². The van der Waals surface area contributed by atoms with Crippen molar-refractivity contribution in [2.45, 2.75) is 45.4 Å². The SMILES string of the molecule is Cc1ccc2c(c1C)CCCC2CCO. The maximum atomic E-state index is 9.07. The number of hydrogen-bond acceptors (Lipinski definition) is 1. The fourth-order valence-electron chi connectivity index (χ4n) is 2.75. The summed E-state index contributed by atoms with van der Waals surface area (Å²) >= 11 is 0. The molecule has 1 N–H and O–H groups in total. The molecule has 0 aliphatic heterocycles. The van der Waals surface area contributed by atoms with Gasteiger partial charge in [0.2, 0.25) is 0 Å². The summed E-state index contributed by atoms with van der Waals surface area (Å²) in [5.41, 5.74) is 5.92. The number of fused-ring (bicyclic) bond motifs is 1. The van der Waals surface area contributed by atoms with Gasteiger partial charge in [-0.1, -0.05) is 12.1 Å². The Bertz CT molecular complexity index is 355. The van der Waals surface area contributed by atoms with E-state index in [9.17, 15) is 0 Å². The van der Waals surface area contributed by atoms with E-state index in [1.807, 2.05) is 0 Å². The zero-order chi connectivity index (χ0) is 10.8. The predicted octanol–water partition coefficient (Wildman–Crippen LogP) is 3.11. The maximum absolute atomic E-state index is 9.07. The van der Waals surface area contributed by atoms with E-state index in [1.165, 1.54) is 36.0 Å². The first-order chi connectivity index (χ1) is 7.24. The minimum Gasteiger partial charge on any atom is -0.396 e. The van der Waals surface area contributed by atoms with Crippen LogP contribution in [0, 0.1) is 13.8 Å². The Morgan fingerprint density at radius 1 is 1.33 bits per heavy atom. The van der Waals surface area contributed by atoms with Crippen LogP contribution in [0.3, 0.4) is 0 Å². The van der Waals surface area contributed by atoms with Crippen molar-refractivity contribution >= 4 is 0 Å². The van der Waals surface area contributed by atoms with Crippen LogP contribution >= 0.6 is 0 Å². The topological polar surface area (TPSA) is 20.2 Å². The Balaban J connectivity index is 2.40. The number of aliphatic hydroxyl groups is 1. The molecule has 82 valence electrons. The summed E-state index contributed by atoms with van der Waals surface area (Å²) in [5, 5.41) is 9.07. The van der Waals surface area contributed by atoms with Crippen LogP contribution in [0.25, 0.3) is 0 Å². The predicted molar refractivity (Wildman–Crippen MR) is 63.3 cm³/mol. The standard InChI is InChI=1S/C14H20O/c1-10-6-7-14-12(8-9-15)4-3-5-13(14)11(10)2/h6-7,12,15H,3-5,8-9H2,1-2H3. The highest BCUT2D eigenvalue weighted by molar-refractivity contribution is 5.42. The fraction of sp³-hybridized carbons (Fsp3) is 0.571. The van der Waals surface area contributed by atoms with Gasteiger partial charge in [0, 0.05) is 6.61 Å². The minimum absolute atomic E-state index is 0.316. The Morgan fingerprint density at radius 3 is 2.87 bits per heavy atom. The quantitative estimate of drug-likeness (QED) is 0.784. The van der Waals surface area contributed by atoms with Crippen LogP contribution < -0.4 is 0 Å². The van der Waals surface area contributed by atoms with Crippen LogP contribution in [0.2, 0.25) is 0 Å². The summed E-state index contributed by atoms with van der Waals surface area (Å²) in [4.78, 5) is 0. The van der Waals surface area contributed by atoms with Crippen molar-refractivity contribution in [2.24, 2.45) is 0 Å². The van der Waals surface area contributed by atoms with E-state index in [0.29, 0.717) is 12.5 Å². The number of benzene rings is 1. The van der Waals surface area contributed by atoms with Gasteiger partial charge in [-0.25, -0.2) is 0 Å². The van der Waals surface area contributed by atoms with E-state index < -0.39 is 0 Å². The van der Waals surface area contributed by atoms with Crippen molar-refractivity contribution in [1.29, 1.82) is 0 Å². The third-order valence-electron chi connectivity index (χ3n) is 3.80. The molecule has 0 amide bonds. The van der Waals surface area contributed by atoms with Gasteiger partial charge in [-0.05, 0) is 67.7 Å². The molecule has 1 aliphatic carbocycles. The van der Waals surface area contributed by atoms with Crippen molar-refractivity contribution < 1.29 is 5.11 Å². The summed E-state index contributed by atoms with van der Waals surface area (Å²) < 4.78 is 0. The Hall–Kier alpha value is -0.820. The number of hydrogen-bond donors (Lipinski definition) is 1. The van der Waals surface area contributed by atoms with Gasteiger partial charge in [0.1, 0.15) is 0 Å². The molecule has 0 bridgehead atoms. The molecule has 1 aromatic carbocycles. The van der Waals surface area contributed by atoms with E-state index in [2.05, 4.69) is 26.0 Å². The van der Waals surface area contributed by atoms with E-state index in [-0.39, 0.29) is 0 Å². The zero-order valence-corrected chi connectivity index (χ0v) is 9.71. The Labute approximate surface area is 92.1 Å². The maximum Gasteiger partial charge on any atom is 0.0436 e. The number of rotatable bonds is 2. The average molecular weight is 204 g/mol. The van der Waals surface area contributed by atoms with E-state index in [0.717, 1.165) is 6.42 Å². The second kappa shape index (κ2) is 4.36. The van der Waals surface area contributed by atoms with Gasteiger partial charge in [-0.2, -0.15) is 0 Å². The molecule has 1 atom stereocenters. The third-order valence-corrected chi connectivity index (χ3v) is 3.80. The lowest BCUT2D eigenvalue weighted by molar-refractivity contribution is 0.269. The van der Waals surface area contributed by atoms with Gasteiger partial charge in [0.15, 0.2) is 0 Å². The van der Waals surface area contributed by atoms with Crippen molar-refractivity contribution in [3.63, 3.8) is 0 Å². The Kier molecular flexibility index (Phi) is 3.11. The third kappa shape index (κ3) is 1.93. The molecule has 0 radical (unpaired) electrons. The summed E-state index contributed by atoms with van der Waals surface area (Å²) in [7, 11) is 0. The second-order valence-electron chi connectivity index (χ2n) is 4.68. The first kappa shape index (κ1) is 10.7. The van der Waals surface area contributed by atoms with Gasteiger partial charge in [0.05, 0.1) is 0 Å². The first-order valence-electron chi connectivity index (χ1n) is 5.94. The molecular formula is C14H20O. The fourth-order valence-corrected chi connectivity index (χ4v) is 2.75. The molecule has 0 fully saturated rings. The van der Waals surface area contributed by atoms with Crippen LogP contribution in [0.4, 0.5) is 0 Å². The lowest BCUT2D eigenvalue weighted by Crippen LogP contribution is -2.13. The molecule has 1 aromatic rings. The molecule has 1 heteroatoms. The summed E-state index contributed by atoms with van der Waals surface area (Å²) in [6.45, 7) is 4.73. The first-order valence-corrected chi connectivity index (χ1v) is 5.94. The normalized spacial score (nSPS) is 20.1.